The number of anilines is 1. The van der Waals surface area contributed by atoms with Crippen LogP contribution in [0.3, 0.4) is 0 Å². The highest BCUT2D eigenvalue weighted by atomic mass is 16.4. The average molecular weight is 583 g/mol. The van der Waals surface area contributed by atoms with E-state index < -0.39 is 24.6 Å². The van der Waals surface area contributed by atoms with Crippen LogP contribution in [0.1, 0.15) is 80.4 Å². The topological polar surface area (TPSA) is 112 Å². The minimum atomic E-state index is -1.14. The summed E-state index contributed by atoms with van der Waals surface area (Å²) in [4.78, 5) is 25.2. The number of aliphatic carboxylic acids is 1. The zero-order valence-electron chi connectivity index (χ0n) is 25.3. The zero-order valence-corrected chi connectivity index (χ0v) is 25.3. The number of carbonyl (C=O) groups excluding carboxylic acids is 1. The number of amides is 1. The Balaban J connectivity index is 1.91. The maximum atomic E-state index is 14.2. The van der Waals surface area contributed by atoms with Gasteiger partial charge in [0.2, 0.25) is 0 Å². The van der Waals surface area contributed by atoms with Gasteiger partial charge < -0.3 is 25.2 Å². The highest BCUT2D eigenvalue weighted by molar-refractivity contribution is 6.12. The van der Waals surface area contributed by atoms with Gasteiger partial charge in [0.1, 0.15) is 0 Å². The molecule has 2 atom stereocenters. The molecular formula is C36H42N2O5. The van der Waals surface area contributed by atoms with Gasteiger partial charge in [0.15, 0.2) is 0 Å². The molecule has 0 aliphatic rings. The van der Waals surface area contributed by atoms with Crippen LogP contribution in [-0.4, -0.2) is 44.0 Å². The number of carbonyl (C=O) groups is 2. The van der Waals surface area contributed by atoms with Crippen LogP contribution in [0.4, 0.5) is 5.69 Å². The highest BCUT2D eigenvalue weighted by Crippen LogP contribution is 2.43. The van der Waals surface area contributed by atoms with E-state index in [9.17, 15) is 19.8 Å². The van der Waals surface area contributed by atoms with Gasteiger partial charge in [-0.1, -0.05) is 100 Å². The summed E-state index contributed by atoms with van der Waals surface area (Å²) < 4.78 is 2.13. The number of carboxylic acid groups (broad SMARTS) is 1. The van der Waals surface area contributed by atoms with Crippen molar-refractivity contribution in [2.75, 3.05) is 5.32 Å². The first-order valence-corrected chi connectivity index (χ1v) is 14.9. The molecule has 0 fully saturated rings. The molecule has 4 rings (SSSR count). The number of hydrogen-bond donors (Lipinski definition) is 4. The Hall–Kier alpha value is -4.20. The van der Waals surface area contributed by atoms with Gasteiger partial charge in [-0.25, -0.2) is 0 Å². The molecule has 0 aliphatic heterocycles. The van der Waals surface area contributed by atoms with Gasteiger partial charge in [0.05, 0.1) is 29.9 Å². The second kappa shape index (κ2) is 14.3. The second-order valence-electron chi connectivity index (χ2n) is 11.7. The Bertz CT molecular complexity index is 1510. The van der Waals surface area contributed by atoms with E-state index in [-0.39, 0.29) is 24.7 Å². The first-order chi connectivity index (χ1) is 20.6. The van der Waals surface area contributed by atoms with Crippen LogP contribution in [0, 0.1) is 0 Å². The summed E-state index contributed by atoms with van der Waals surface area (Å²) in [5, 5.41) is 33.1. The molecule has 1 heterocycles. The largest absolute Gasteiger partial charge is 0.481 e. The Labute approximate surface area is 253 Å². The number of para-hydroxylation sites is 1. The first-order valence-electron chi connectivity index (χ1n) is 14.9. The minimum absolute atomic E-state index is 0.0441. The number of rotatable bonds is 13. The maximum Gasteiger partial charge on any atom is 0.305 e. The molecule has 1 aromatic heterocycles. The number of aliphatic hydroxyl groups excluding tert-OH is 2. The van der Waals surface area contributed by atoms with Crippen molar-refractivity contribution in [3.05, 3.63) is 102 Å². The van der Waals surface area contributed by atoms with Gasteiger partial charge in [0, 0.05) is 23.5 Å². The molecule has 0 spiro atoms. The van der Waals surface area contributed by atoms with Crippen LogP contribution in [0.2, 0.25) is 0 Å². The molecule has 4 N–H and O–H groups in total. The normalized spacial score (nSPS) is 12.8. The lowest BCUT2D eigenvalue weighted by Crippen LogP contribution is -2.22. The van der Waals surface area contributed by atoms with Crippen molar-refractivity contribution in [3.63, 3.8) is 0 Å². The van der Waals surface area contributed by atoms with Gasteiger partial charge >= 0.3 is 5.97 Å². The summed E-state index contributed by atoms with van der Waals surface area (Å²) in [7, 11) is 0. The van der Waals surface area contributed by atoms with Crippen molar-refractivity contribution in [1.82, 2.24) is 4.57 Å². The maximum absolute atomic E-state index is 14.2. The minimum Gasteiger partial charge on any atom is -0.481 e. The van der Waals surface area contributed by atoms with Crippen LogP contribution in [0.15, 0.2) is 84.9 Å². The van der Waals surface area contributed by atoms with Crippen LogP contribution < -0.4 is 5.32 Å². The molecule has 226 valence electrons. The Morgan fingerprint density at radius 2 is 1.37 bits per heavy atom. The van der Waals surface area contributed by atoms with E-state index in [4.69, 9.17) is 5.11 Å². The number of aliphatic hydroxyl groups is 2. The van der Waals surface area contributed by atoms with E-state index in [1.807, 2.05) is 60.7 Å². The Morgan fingerprint density at radius 3 is 1.93 bits per heavy atom. The molecule has 0 saturated carbocycles. The van der Waals surface area contributed by atoms with Crippen LogP contribution in [-0.2, 0) is 11.3 Å². The van der Waals surface area contributed by atoms with E-state index in [2.05, 4.69) is 61.8 Å². The third-order valence-electron chi connectivity index (χ3n) is 7.66. The molecule has 1 amide bonds. The fraction of sp³-hybridized carbons (Fsp3) is 0.333. The molecule has 7 heteroatoms. The summed E-state index contributed by atoms with van der Waals surface area (Å²) in [6.07, 6.45) is -2.26. The number of benzene rings is 3. The van der Waals surface area contributed by atoms with E-state index in [0.29, 0.717) is 23.7 Å². The summed E-state index contributed by atoms with van der Waals surface area (Å²) in [5.74, 6) is -1.01. The number of aromatic nitrogens is 1. The van der Waals surface area contributed by atoms with Crippen LogP contribution in [0.5, 0.6) is 0 Å². The lowest BCUT2D eigenvalue weighted by atomic mass is 9.93. The summed E-state index contributed by atoms with van der Waals surface area (Å²) in [6.45, 7) is 8.78. The molecular weight excluding hydrogens is 540 g/mol. The van der Waals surface area contributed by atoms with Gasteiger partial charge in [-0.2, -0.15) is 0 Å². The standard InChI is InChI=1S/C36H42N2O5/c1-23(2)25-15-17-27(18-16-25)35-32(26-11-7-5-8-12-26)33(36(43)37-28-13-9-6-10-14-28)34(24(3)4)38(35)20-19-29(39)21-30(40)22-31(41)42/h5-18,23-24,29-30,39-40H,19-22H2,1-4H3,(H,37,43)(H,41,42)/t29-,30-/m1/s1. The van der Waals surface area contributed by atoms with E-state index in [1.165, 1.54) is 5.56 Å². The lowest BCUT2D eigenvalue weighted by molar-refractivity contribution is -0.139. The fourth-order valence-electron chi connectivity index (χ4n) is 5.62. The molecule has 0 bridgehead atoms. The molecule has 0 saturated heterocycles. The zero-order chi connectivity index (χ0) is 31.1. The molecule has 0 radical (unpaired) electrons. The third kappa shape index (κ3) is 7.80. The van der Waals surface area contributed by atoms with Crippen LogP contribution >= 0.6 is 0 Å². The van der Waals surface area contributed by atoms with Crippen molar-refractivity contribution in [2.45, 2.75) is 77.5 Å². The average Bonchev–Trinajstić information content (AvgIpc) is 3.32. The van der Waals surface area contributed by atoms with Crippen molar-refractivity contribution >= 4 is 17.6 Å². The number of hydrogen-bond acceptors (Lipinski definition) is 4. The summed E-state index contributed by atoms with van der Waals surface area (Å²) >= 11 is 0. The Morgan fingerprint density at radius 1 is 0.767 bits per heavy atom. The first kappa shape index (κ1) is 31.7. The molecule has 0 aliphatic carbocycles. The smallest absolute Gasteiger partial charge is 0.305 e. The monoisotopic (exact) mass is 582 g/mol. The predicted octanol–water partition coefficient (Wildman–Crippen LogP) is 7.30. The molecule has 3 aromatic carbocycles. The van der Waals surface area contributed by atoms with Crippen molar-refractivity contribution in [2.24, 2.45) is 0 Å². The van der Waals surface area contributed by atoms with Gasteiger partial charge in [-0.15, -0.1) is 0 Å². The molecule has 4 aromatic rings. The molecule has 7 nitrogen and oxygen atoms in total. The lowest BCUT2D eigenvalue weighted by Gasteiger charge is -2.20. The second-order valence-corrected chi connectivity index (χ2v) is 11.7. The van der Waals surface area contributed by atoms with E-state index in [1.54, 1.807) is 0 Å². The van der Waals surface area contributed by atoms with Gasteiger partial charge in [-0.05, 0) is 53.5 Å². The summed E-state index contributed by atoms with van der Waals surface area (Å²) in [5.41, 5.74) is 6.86. The van der Waals surface area contributed by atoms with Gasteiger partial charge in [0.25, 0.3) is 5.91 Å². The van der Waals surface area contributed by atoms with Gasteiger partial charge in [-0.3, -0.25) is 9.59 Å². The van der Waals surface area contributed by atoms with Crippen LogP contribution in [0.25, 0.3) is 22.4 Å². The third-order valence-corrected chi connectivity index (χ3v) is 7.66. The molecule has 43 heavy (non-hydrogen) atoms. The fourth-order valence-corrected chi connectivity index (χ4v) is 5.62. The number of nitrogens with one attached hydrogen (secondary N) is 1. The predicted molar refractivity (Wildman–Crippen MR) is 171 cm³/mol. The van der Waals surface area contributed by atoms with Crippen molar-refractivity contribution in [3.8, 4) is 22.4 Å². The van der Waals surface area contributed by atoms with E-state index >= 15 is 0 Å². The number of nitrogens with zero attached hydrogens (tertiary/aromatic N) is 1. The summed E-state index contributed by atoms with van der Waals surface area (Å²) in [6, 6.07) is 27.7. The highest BCUT2D eigenvalue weighted by Gasteiger charge is 2.31. The van der Waals surface area contributed by atoms with E-state index in [0.717, 1.165) is 28.1 Å². The quantitative estimate of drug-likeness (QED) is 0.132. The van der Waals surface area contributed by atoms with Crippen molar-refractivity contribution < 1.29 is 24.9 Å². The molecule has 0 unspecified atom stereocenters. The van der Waals surface area contributed by atoms with Crippen molar-refractivity contribution in [1.29, 1.82) is 0 Å². The SMILES string of the molecule is CC(C)c1ccc(-c2c(-c3ccccc3)c(C(=O)Nc3ccccc3)c(C(C)C)n2CC[C@@H](O)C[C@@H](O)CC(=O)O)cc1. The Kier molecular flexibility index (Phi) is 10.6. The number of carboxylic acids is 1.